The van der Waals surface area contributed by atoms with Gasteiger partial charge < -0.3 is 5.73 Å². The molecular weight excluding hydrogens is 310 g/mol. The molecule has 1 aromatic heterocycles. The van der Waals surface area contributed by atoms with Crippen LogP contribution < -0.4 is 5.73 Å². The van der Waals surface area contributed by atoms with Crippen molar-refractivity contribution in [1.82, 2.24) is 9.78 Å². The van der Waals surface area contributed by atoms with E-state index in [2.05, 4.69) is 52.2 Å². The second-order valence-electron chi connectivity index (χ2n) is 3.89. The highest BCUT2D eigenvalue weighted by molar-refractivity contribution is 9.10. The Morgan fingerprint density at radius 1 is 1.33 bits per heavy atom. The van der Waals surface area contributed by atoms with Gasteiger partial charge in [0.1, 0.15) is 5.69 Å². The number of hydrogen-bond acceptors (Lipinski definition) is 3. The van der Waals surface area contributed by atoms with E-state index >= 15 is 0 Å². The van der Waals surface area contributed by atoms with Crippen LogP contribution in [-0.2, 0) is 13.6 Å². The first kappa shape index (κ1) is 13.6. The van der Waals surface area contributed by atoms with Crippen molar-refractivity contribution in [2.45, 2.75) is 18.4 Å². The zero-order valence-electron chi connectivity index (χ0n) is 10.5. The number of aromatic nitrogens is 2. The minimum atomic E-state index is 0.480. The summed E-state index contributed by atoms with van der Waals surface area (Å²) in [6.07, 6.45) is 0. The second-order valence-corrected chi connectivity index (χ2v) is 6.02. The number of thioether (sulfide) groups is 1. The van der Waals surface area contributed by atoms with E-state index in [0.29, 0.717) is 6.54 Å². The number of rotatable bonds is 4. The predicted octanol–water partition coefficient (Wildman–Crippen LogP) is 3.42. The van der Waals surface area contributed by atoms with Gasteiger partial charge in [-0.05, 0) is 33.8 Å². The van der Waals surface area contributed by atoms with Crippen molar-refractivity contribution in [3.05, 3.63) is 34.4 Å². The maximum atomic E-state index is 5.71. The molecule has 0 aliphatic rings. The van der Waals surface area contributed by atoms with Gasteiger partial charge in [-0.1, -0.05) is 19.1 Å². The Bertz CT molecular complexity index is 534. The Morgan fingerprint density at radius 3 is 2.50 bits per heavy atom. The van der Waals surface area contributed by atoms with E-state index in [0.717, 1.165) is 27.2 Å². The van der Waals surface area contributed by atoms with Gasteiger partial charge in [0.2, 0.25) is 0 Å². The standard InChI is InChI=1S/C13H16BrN3S/c1-3-18-10-6-4-9(5-7-10)13-12(14)11(8-15)17(2)16-13/h4-7H,3,8,15H2,1-2H3. The van der Waals surface area contributed by atoms with Crippen LogP contribution in [0.2, 0.25) is 0 Å². The lowest BCUT2D eigenvalue weighted by molar-refractivity contribution is 0.713. The van der Waals surface area contributed by atoms with Crippen LogP contribution in [0.1, 0.15) is 12.6 Å². The number of nitrogens with zero attached hydrogens (tertiary/aromatic N) is 2. The number of aryl methyl sites for hydroxylation is 1. The molecule has 0 radical (unpaired) electrons. The van der Waals surface area contributed by atoms with Gasteiger partial charge in [0.15, 0.2) is 0 Å². The molecule has 0 fully saturated rings. The molecule has 2 rings (SSSR count). The lowest BCUT2D eigenvalue weighted by Gasteiger charge is -2.01. The molecule has 0 aliphatic carbocycles. The largest absolute Gasteiger partial charge is 0.325 e. The quantitative estimate of drug-likeness (QED) is 0.876. The van der Waals surface area contributed by atoms with Crippen molar-refractivity contribution < 1.29 is 0 Å². The van der Waals surface area contributed by atoms with Crippen LogP contribution in [-0.4, -0.2) is 15.5 Å². The lowest BCUT2D eigenvalue weighted by Crippen LogP contribution is -2.04. The normalized spacial score (nSPS) is 10.9. The monoisotopic (exact) mass is 325 g/mol. The molecule has 0 amide bonds. The number of hydrogen-bond donors (Lipinski definition) is 1. The van der Waals surface area contributed by atoms with Crippen LogP contribution in [0, 0.1) is 0 Å². The number of nitrogens with two attached hydrogens (primary N) is 1. The molecule has 0 aliphatic heterocycles. The van der Waals surface area contributed by atoms with Gasteiger partial charge in [-0.15, -0.1) is 11.8 Å². The molecule has 18 heavy (non-hydrogen) atoms. The summed E-state index contributed by atoms with van der Waals surface area (Å²) in [6.45, 7) is 2.63. The van der Waals surface area contributed by atoms with Crippen molar-refractivity contribution in [1.29, 1.82) is 0 Å². The summed E-state index contributed by atoms with van der Waals surface area (Å²) in [5, 5.41) is 4.51. The van der Waals surface area contributed by atoms with Crippen molar-refractivity contribution >= 4 is 27.7 Å². The molecule has 1 aromatic carbocycles. The summed E-state index contributed by atoms with van der Waals surface area (Å²) >= 11 is 5.42. The fourth-order valence-corrected chi connectivity index (χ4v) is 3.20. The molecule has 2 aromatic rings. The summed E-state index contributed by atoms with van der Waals surface area (Å²) in [5.41, 5.74) is 8.78. The van der Waals surface area contributed by atoms with Crippen LogP contribution in [0.4, 0.5) is 0 Å². The van der Waals surface area contributed by atoms with Crippen LogP contribution in [0.25, 0.3) is 11.3 Å². The third-order valence-corrected chi connectivity index (χ3v) is 4.46. The average Bonchev–Trinajstić information content (AvgIpc) is 2.66. The first-order valence-electron chi connectivity index (χ1n) is 5.82. The SMILES string of the molecule is CCSc1ccc(-c2nn(C)c(CN)c2Br)cc1. The van der Waals surface area contributed by atoms with Gasteiger partial charge in [-0.2, -0.15) is 5.10 Å². The highest BCUT2D eigenvalue weighted by Gasteiger charge is 2.13. The van der Waals surface area contributed by atoms with Gasteiger partial charge in [0, 0.05) is 24.1 Å². The van der Waals surface area contributed by atoms with Crippen LogP contribution in [0.15, 0.2) is 33.6 Å². The van der Waals surface area contributed by atoms with Gasteiger partial charge in [0.05, 0.1) is 10.2 Å². The van der Waals surface area contributed by atoms with Crippen molar-refractivity contribution in [3.63, 3.8) is 0 Å². The van der Waals surface area contributed by atoms with E-state index in [1.54, 1.807) is 0 Å². The second kappa shape index (κ2) is 5.91. The van der Waals surface area contributed by atoms with Crippen LogP contribution in [0.5, 0.6) is 0 Å². The fourth-order valence-electron chi connectivity index (χ4n) is 1.81. The molecule has 0 unspecified atom stereocenters. The third-order valence-electron chi connectivity index (χ3n) is 2.73. The topological polar surface area (TPSA) is 43.8 Å². The molecule has 0 saturated carbocycles. The summed E-state index contributed by atoms with van der Waals surface area (Å²) in [4.78, 5) is 1.28. The zero-order chi connectivity index (χ0) is 13.1. The summed E-state index contributed by atoms with van der Waals surface area (Å²) in [6, 6.07) is 8.47. The summed E-state index contributed by atoms with van der Waals surface area (Å²) < 4.78 is 2.82. The molecule has 0 bridgehead atoms. The van der Waals surface area contributed by atoms with E-state index in [1.807, 2.05) is 23.5 Å². The smallest absolute Gasteiger partial charge is 0.107 e. The minimum absolute atomic E-state index is 0.480. The number of halogens is 1. The van der Waals surface area contributed by atoms with Crippen molar-refractivity contribution in [2.24, 2.45) is 12.8 Å². The lowest BCUT2D eigenvalue weighted by atomic mass is 10.1. The van der Waals surface area contributed by atoms with Gasteiger partial charge >= 0.3 is 0 Å². The van der Waals surface area contributed by atoms with E-state index in [9.17, 15) is 0 Å². The maximum absolute atomic E-state index is 5.71. The Balaban J connectivity index is 2.36. The summed E-state index contributed by atoms with van der Waals surface area (Å²) in [5.74, 6) is 1.09. The zero-order valence-corrected chi connectivity index (χ0v) is 12.9. The van der Waals surface area contributed by atoms with Gasteiger partial charge in [0.25, 0.3) is 0 Å². The predicted molar refractivity (Wildman–Crippen MR) is 80.6 cm³/mol. The van der Waals surface area contributed by atoms with Crippen LogP contribution in [0.3, 0.4) is 0 Å². The van der Waals surface area contributed by atoms with Gasteiger partial charge in [-0.25, -0.2) is 0 Å². The molecule has 0 atom stereocenters. The molecular formula is C13H16BrN3S. The van der Waals surface area contributed by atoms with Crippen LogP contribution >= 0.6 is 27.7 Å². The Morgan fingerprint density at radius 2 is 2.00 bits per heavy atom. The highest BCUT2D eigenvalue weighted by Crippen LogP contribution is 2.31. The van der Waals surface area contributed by atoms with Gasteiger partial charge in [-0.3, -0.25) is 4.68 Å². The molecule has 0 spiro atoms. The Kier molecular flexibility index (Phi) is 4.48. The molecule has 3 nitrogen and oxygen atoms in total. The average molecular weight is 326 g/mol. The van der Waals surface area contributed by atoms with E-state index in [-0.39, 0.29) is 0 Å². The first-order chi connectivity index (χ1) is 8.67. The molecule has 2 N–H and O–H groups in total. The molecule has 96 valence electrons. The van der Waals surface area contributed by atoms with E-state index in [4.69, 9.17) is 5.73 Å². The van der Waals surface area contributed by atoms with E-state index in [1.165, 1.54) is 4.90 Å². The Labute approximate surface area is 120 Å². The third kappa shape index (κ3) is 2.63. The molecule has 0 saturated heterocycles. The number of benzene rings is 1. The molecule has 1 heterocycles. The fraction of sp³-hybridized carbons (Fsp3) is 0.308. The summed E-state index contributed by atoms with van der Waals surface area (Å²) in [7, 11) is 1.91. The van der Waals surface area contributed by atoms with Crippen molar-refractivity contribution in [2.75, 3.05) is 5.75 Å². The minimum Gasteiger partial charge on any atom is -0.325 e. The van der Waals surface area contributed by atoms with E-state index < -0.39 is 0 Å². The Hall–Kier alpha value is -0.780. The molecule has 5 heteroatoms. The maximum Gasteiger partial charge on any atom is 0.107 e. The highest BCUT2D eigenvalue weighted by atomic mass is 79.9. The van der Waals surface area contributed by atoms with Crippen molar-refractivity contribution in [3.8, 4) is 11.3 Å². The first-order valence-corrected chi connectivity index (χ1v) is 7.60.